The third-order valence-corrected chi connectivity index (χ3v) is 2.63. The van der Waals surface area contributed by atoms with Gasteiger partial charge in [-0.05, 0) is 38.5 Å². The lowest BCUT2D eigenvalue weighted by atomic mass is 9.94. The maximum Gasteiger partial charge on any atom is 0.237 e. The van der Waals surface area contributed by atoms with Gasteiger partial charge in [0.2, 0.25) is 5.91 Å². The zero-order chi connectivity index (χ0) is 12.3. The molecule has 0 aliphatic carbocycles. The number of hydrogen-bond donors (Lipinski definition) is 2. The van der Waals surface area contributed by atoms with Gasteiger partial charge in [0.05, 0.1) is 11.6 Å². The summed E-state index contributed by atoms with van der Waals surface area (Å²) in [7, 11) is 0. The largest absolute Gasteiger partial charge is 0.346 e. The van der Waals surface area contributed by atoms with E-state index in [1.54, 1.807) is 13.0 Å². The molecular weight excluding hydrogens is 224 g/mol. The normalized spacial score (nSPS) is 13.3. The third kappa shape index (κ3) is 3.22. The van der Waals surface area contributed by atoms with Crippen molar-refractivity contribution in [1.29, 1.82) is 0 Å². The minimum atomic E-state index is -0.515. The molecule has 4 heteroatoms. The SMILES string of the molecule is C[C@H](N)C(=O)NC(C)(C)c1cccc(Cl)c1. The Hall–Kier alpha value is -1.06. The number of rotatable bonds is 3. The molecule has 0 aliphatic heterocycles. The lowest BCUT2D eigenvalue weighted by Gasteiger charge is -2.28. The van der Waals surface area contributed by atoms with Crippen LogP contribution in [0.1, 0.15) is 26.3 Å². The van der Waals surface area contributed by atoms with E-state index in [-0.39, 0.29) is 5.91 Å². The maximum atomic E-state index is 11.5. The molecule has 88 valence electrons. The second-order valence-corrected chi connectivity index (χ2v) is 4.85. The van der Waals surface area contributed by atoms with E-state index in [1.165, 1.54) is 0 Å². The van der Waals surface area contributed by atoms with Gasteiger partial charge in [-0.1, -0.05) is 23.7 Å². The van der Waals surface area contributed by atoms with E-state index >= 15 is 0 Å². The summed E-state index contributed by atoms with van der Waals surface area (Å²) in [5.41, 5.74) is 5.99. The van der Waals surface area contributed by atoms with Crippen molar-refractivity contribution in [1.82, 2.24) is 5.32 Å². The topological polar surface area (TPSA) is 55.1 Å². The van der Waals surface area contributed by atoms with E-state index < -0.39 is 11.6 Å². The van der Waals surface area contributed by atoms with E-state index in [9.17, 15) is 4.79 Å². The molecule has 0 bridgehead atoms. The molecule has 0 radical (unpaired) electrons. The fraction of sp³-hybridized carbons (Fsp3) is 0.417. The molecule has 0 aromatic heterocycles. The highest BCUT2D eigenvalue weighted by Gasteiger charge is 2.24. The molecule has 0 aliphatic rings. The van der Waals surface area contributed by atoms with Crippen LogP contribution in [0.4, 0.5) is 0 Å². The quantitative estimate of drug-likeness (QED) is 0.850. The van der Waals surface area contributed by atoms with Crippen molar-refractivity contribution in [3.63, 3.8) is 0 Å². The Bertz CT molecular complexity index is 388. The van der Waals surface area contributed by atoms with Crippen LogP contribution in [0.15, 0.2) is 24.3 Å². The highest BCUT2D eigenvalue weighted by Crippen LogP contribution is 2.22. The Balaban J connectivity index is 2.89. The Labute approximate surface area is 101 Å². The van der Waals surface area contributed by atoms with Gasteiger partial charge >= 0.3 is 0 Å². The van der Waals surface area contributed by atoms with Crippen LogP contribution in [0.3, 0.4) is 0 Å². The van der Waals surface area contributed by atoms with Crippen molar-refractivity contribution >= 4 is 17.5 Å². The van der Waals surface area contributed by atoms with Gasteiger partial charge in [0.15, 0.2) is 0 Å². The van der Waals surface area contributed by atoms with Gasteiger partial charge in [-0.3, -0.25) is 4.79 Å². The summed E-state index contributed by atoms with van der Waals surface area (Å²) in [4.78, 5) is 11.5. The first-order chi connectivity index (χ1) is 7.33. The molecule has 1 aromatic carbocycles. The summed E-state index contributed by atoms with van der Waals surface area (Å²) in [5, 5.41) is 3.53. The molecule has 1 atom stereocenters. The molecule has 0 spiro atoms. The molecule has 1 rings (SSSR count). The van der Waals surface area contributed by atoms with Crippen molar-refractivity contribution in [3.05, 3.63) is 34.9 Å². The van der Waals surface area contributed by atoms with Gasteiger partial charge < -0.3 is 11.1 Å². The second kappa shape index (κ2) is 4.85. The van der Waals surface area contributed by atoms with Gasteiger partial charge in [0.1, 0.15) is 0 Å². The third-order valence-electron chi connectivity index (χ3n) is 2.40. The molecule has 0 heterocycles. The first-order valence-corrected chi connectivity index (χ1v) is 5.54. The molecule has 0 fully saturated rings. The Morgan fingerprint density at radius 3 is 2.62 bits per heavy atom. The average molecular weight is 241 g/mol. The van der Waals surface area contributed by atoms with Crippen LogP contribution in [-0.4, -0.2) is 11.9 Å². The van der Waals surface area contributed by atoms with Gasteiger partial charge in [-0.25, -0.2) is 0 Å². The van der Waals surface area contributed by atoms with Crippen LogP contribution >= 0.6 is 11.6 Å². The van der Waals surface area contributed by atoms with Gasteiger partial charge in [-0.15, -0.1) is 0 Å². The van der Waals surface area contributed by atoms with Crippen LogP contribution < -0.4 is 11.1 Å². The fourth-order valence-electron chi connectivity index (χ4n) is 1.37. The molecule has 0 saturated heterocycles. The molecule has 0 unspecified atom stereocenters. The van der Waals surface area contributed by atoms with Gasteiger partial charge in [0, 0.05) is 5.02 Å². The summed E-state index contributed by atoms with van der Waals surface area (Å²) >= 11 is 5.91. The minimum absolute atomic E-state index is 0.176. The molecule has 16 heavy (non-hydrogen) atoms. The summed E-state index contributed by atoms with van der Waals surface area (Å²) in [5.74, 6) is -0.176. The molecule has 3 nitrogen and oxygen atoms in total. The van der Waals surface area contributed by atoms with Crippen LogP contribution in [-0.2, 0) is 10.3 Å². The monoisotopic (exact) mass is 240 g/mol. The fourth-order valence-corrected chi connectivity index (χ4v) is 1.56. The van der Waals surface area contributed by atoms with Crippen LogP contribution in [0.25, 0.3) is 0 Å². The first kappa shape index (κ1) is 13.0. The molecule has 0 saturated carbocycles. The van der Waals surface area contributed by atoms with Crippen LogP contribution in [0.2, 0.25) is 5.02 Å². The van der Waals surface area contributed by atoms with Crippen molar-refractivity contribution < 1.29 is 4.79 Å². The molecular formula is C12H17ClN2O. The molecule has 1 aromatic rings. The lowest BCUT2D eigenvalue weighted by Crippen LogP contribution is -2.47. The number of benzene rings is 1. The van der Waals surface area contributed by atoms with E-state index in [4.69, 9.17) is 17.3 Å². The Morgan fingerprint density at radius 1 is 1.50 bits per heavy atom. The average Bonchev–Trinajstić information content (AvgIpc) is 2.17. The van der Waals surface area contributed by atoms with Crippen molar-refractivity contribution in [2.24, 2.45) is 5.73 Å². The van der Waals surface area contributed by atoms with Crippen molar-refractivity contribution in [2.45, 2.75) is 32.4 Å². The maximum absolute atomic E-state index is 11.5. The number of hydrogen-bond acceptors (Lipinski definition) is 2. The number of amides is 1. The second-order valence-electron chi connectivity index (χ2n) is 4.41. The molecule has 3 N–H and O–H groups in total. The smallest absolute Gasteiger partial charge is 0.237 e. The summed E-state index contributed by atoms with van der Waals surface area (Å²) in [6.45, 7) is 5.49. The Morgan fingerprint density at radius 2 is 2.12 bits per heavy atom. The van der Waals surface area contributed by atoms with Gasteiger partial charge in [0.25, 0.3) is 0 Å². The van der Waals surface area contributed by atoms with E-state index in [1.807, 2.05) is 32.0 Å². The molecule has 1 amide bonds. The van der Waals surface area contributed by atoms with Crippen LogP contribution in [0, 0.1) is 0 Å². The van der Waals surface area contributed by atoms with Crippen molar-refractivity contribution in [3.8, 4) is 0 Å². The van der Waals surface area contributed by atoms with Crippen molar-refractivity contribution in [2.75, 3.05) is 0 Å². The predicted octanol–water partition coefficient (Wildman–Crippen LogP) is 2.04. The zero-order valence-electron chi connectivity index (χ0n) is 9.75. The van der Waals surface area contributed by atoms with Crippen LogP contribution in [0.5, 0.6) is 0 Å². The summed E-state index contributed by atoms with van der Waals surface area (Å²) in [6, 6.07) is 6.90. The van der Waals surface area contributed by atoms with E-state index in [0.717, 1.165) is 5.56 Å². The summed E-state index contributed by atoms with van der Waals surface area (Å²) in [6.07, 6.45) is 0. The van der Waals surface area contributed by atoms with E-state index in [0.29, 0.717) is 5.02 Å². The van der Waals surface area contributed by atoms with Gasteiger partial charge in [-0.2, -0.15) is 0 Å². The number of nitrogens with two attached hydrogens (primary N) is 1. The Kier molecular flexibility index (Phi) is 3.94. The standard InChI is InChI=1S/C12H17ClN2O/c1-8(14)11(16)15-12(2,3)9-5-4-6-10(13)7-9/h4-8H,14H2,1-3H3,(H,15,16)/t8-/m0/s1. The lowest BCUT2D eigenvalue weighted by molar-refractivity contribution is -0.123. The number of nitrogens with one attached hydrogen (secondary N) is 1. The number of halogens is 1. The summed E-state index contributed by atoms with van der Waals surface area (Å²) < 4.78 is 0. The van der Waals surface area contributed by atoms with E-state index in [2.05, 4.69) is 5.32 Å². The number of carbonyl (C=O) groups excluding carboxylic acids is 1. The zero-order valence-corrected chi connectivity index (χ0v) is 10.5. The first-order valence-electron chi connectivity index (χ1n) is 5.16. The predicted molar refractivity (Wildman–Crippen MR) is 66.3 cm³/mol. The number of carbonyl (C=O) groups is 1. The highest BCUT2D eigenvalue weighted by molar-refractivity contribution is 6.30. The highest BCUT2D eigenvalue weighted by atomic mass is 35.5. The minimum Gasteiger partial charge on any atom is -0.346 e.